The normalized spacial score (nSPS) is 18.4. The van der Waals surface area contributed by atoms with Crippen molar-refractivity contribution in [3.8, 4) is 0 Å². The van der Waals surface area contributed by atoms with Crippen LogP contribution in [-0.2, 0) is 11.2 Å². The first kappa shape index (κ1) is 15.3. The molecule has 2 aromatic rings. The monoisotopic (exact) mass is 315 g/mol. The van der Waals surface area contributed by atoms with Crippen LogP contribution in [0.3, 0.4) is 0 Å². The lowest BCUT2D eigenvalue weighted by atomic mass is 10.0. The maximum atomic E-state index is 12.5. The number of hydrogen-bond donors (Lipinski definition) is 1. The predicted octanol–water partition coefficient (Wildman–Crippen LogP) is -0.109. The van der Waals surface area contributed by atoms with Gasteiger partial charge in [-0.15, -0.1) is 0 Å². The van der Waals surface area contributed by atoms with Gasteiger partial charge in [0.1, 0.15) is 0 Å². The molecule has 0 bridgehead atoms. The smallest absolute Gasteiger partial charge is 0.255 e. The van der Waals surface area contributed by atoms with Gasteiger partial charge < -0.3 is 14.6 Å². The molecule has 1 fully saturated rings. The molecule has 0 saturated carbocycles. The van der Waals surface area contributed by atoms with Crippen LogP contribution in [-0.4, -0.2) is 57.3 Å². The van der Waals surface area contributed by atoms with Crippen molar-refractivity contribution in [2.45, 2.75) is 6.42 Å². The number of H-pyrrole nitrogens is 1. The molecule has 2 aromatic heterocycles. The maximum absolute atomic E-state index is 12.5. The minimum atomic E-state index is -0.180. The van der Waals surface area contributed by atoms with Crippen LogP contribution in [0.25, 0.3) is 0 Å². The fourth-order valence-electron chi connectivity index (χ4n) is 2.60. The summed E-state index contributed by atoms with van der Waals surface area (Å²) in [4.78, 5) is 32.3. The average molecular weight is 315 g/mol. The molecule has 3 rings (SSSR count). The minimum Gasteiger partial charge on any atom is -0.379 e. The Hall–Kier alpha value is -2.61. The van der Waals surface area contributed by atoms with Crippen LogP contribution in [0, 0.1) is 5.92 Å². The average Bonchev–Trinajstić information content (AvgIpc) is 2.80. The first-order valence-electron chi connectivity index (χ1n) is 7.39. The van der Waals surface area contributed by atoms with Crippen LogP contribution in [0.1, 0.15) is 16.1 Å². The van der Waals surface area contributed by atoms with Gasteiger partial charge in [-0.25, -0.2) is 4.98 Å². The number of aromatic amines is 1. The number of rotatable bonds is 3. The number of aromatic nitrogens is 4. The van der Waals surface area contributed by atoms with E-state index in [1.807, 2.05) is 0 Å². The van der Waals surface area contributed by atoms with E-state index in [0.717, 1.165) is 0 Å². The van der Waals surface area contributed by atoms with Gasteiger partial charge >= 0.3 is 0 Å². The van der Waals surface area contributed by atoms with Crippen LogP contribution >= 0.6 is 0 Å². The van der Waals surface area contributed by atoms with Crippen molar-refractivity contribution in [1.29, 1.82) is 0 Å². The number of carbonyl (C=O) groups excluding carboxylic acids is 1. The van der Waals surface area contributed by atoms with Crippen molar-refractivity contribution < 1.29 is 9.53 Å². The molecule has 8 heteroatoms. The third kappa shape index (κ3) is 3.98. The van der Waals surface area contributed by atoms with Gasteiger partial charge in [-0.05, 0) is 12.5 Å². The fraction of sp³-hybridized carbons (Fsp3) is 0.400. The van der Waals surface area contributed by atoms with E-state index in [-0.39, 0.29) is 17.4 Å². The van der Waals surface area contributed by atoms with Gasteiger partial charge in [0.25, 0.3) is 11.5 Å². The number of ether oxygens (including phenoxy) is 1. The van der Waals surface area contributed by atoms with Gasteiger partial charge in [-0.1, -0.05) is 0 Å². The Bertz CT molecular complexity index is 718. The second-order valence-electron chi connectivity index (χ2n) is 5.43. The Morgan fingerprint density at radius 3 is 3.13 bits per heavy atom. The van der Waals surface area contributed by atoms with Gasteiger partial charge in [0.05, 0.1) is 37.5 Å². The summed E-state index contributed by atoms with van der Waals surface area (Å²) in [5.41, 5.74) is 1.03. The molecule has 1 aliphatic rings. The number of hydrogen-bond acceptors (Lipinski definition) is 6. The van der Waals surface area contributed by atoms with Gasteiger partial charge in [0, 0.05) is 30.8 Å². The summed E-state index contributed by atoms with van der Waals surface area (Å²) in [5.74, 6) is -0.000172. The van der Waals surface area contributed by atoms with Crippen LogP contribution in [0.5, 0.6) is 0 Å². The number of carbonyl (C=O) groups is 1. The predicted molar refractivity (Wildman–Crippen MR) is 80.8 cm³/mol. The molecule has 1 amide bonds. The second-order valence-corrected chi connectivity index (χ2v) is 5.43. The van der Waals surface area contributed by atoms with Crippen molar-refractivity contribution in [2.75, 3.05) is 26.3 Å². The molecule has 0 unspecified atom stereocenters. The Balaban J connectivity index is 1.71. The Labute approximate surface area is 132 Å². The SMILES string of the molecule is O=C(c1ccnnc1)N1CCOC[C@H](Cc2cc(=O)[nH]cn2)C1. The van der Waals surface area contributed by atoms with Crippen molar-refractivity contribution in [3.05, 3.63) is 52.5 Å². The molecule has 0 aliphatic carbocycles. The summed E-state index contributed by atoms with van der Waals surface area (Å²) in [5, 5.41) is 7.43. The standard InChI is InChI=1S/C15H17N5O3/c21-14-6-13(16-10-17-14)5-11-8-20(3-4-23-9-11)15(22)12-1-2-18-19-7-12/h1-2,6-7,10-11H,3-5,8-9H2,(H,16,17,21)/t11-/m1/s1. The highest BCUT2D eigenvalue weighted by Crippen LogP contribution is 2.14. The molecule has 0 spiro atoms. The van der Waals surface area contributed by atoms with Crippen molar-refractivity contribution in [3.63, 3.8) is 0 Å². The van der Waals surface area contributed by atoms with Crippen LogP contribution < -0.4 is 5.56 Å². The number of amides is 1. The maximum Gasteiger partial charge on any atom is 0.255 e. The van der Waals surface area contributed by atoms with Crippen LogP contribution in [0.15, 0.2) is 35.6 Å². The number of nitrogens with zero attached hydrogens (tertiary/aromatic N) is 4. The molecule has 1 N–H and O–H groups in total. The van der Waals surface area contributed by atoms with Crippen molar-refractivity contribution in [2.24, 2.45) is 5.92 Å². The molecule has 0 aromatic carbocycles. The molecular formula is C15H17N5O3. The summed E-state index contributed by atoms with van der Waals surface area (Å²) in [6.07, 6.45) is 4.93. The van der Waals surface area contributed by atoms with Crippen LogP contribution in [0.2, 0.25) is 0 Å². The first-order chi connectivity index (χ1) is 11.2. The first-order valence-corrected chi connectivity index (χ1v) is 7.39. The summed E-state index contributed by atoms with van der Waals surface area (Å²) >= 11 is 0. The molecule has 8 nitrogen and oxygen atoms in total. The van der Waals surface area contributed by atoms with Gasteiger partial charge in [-0.2, -0.15) is 10.2 Å². The highest BCUT2D eigenvalue weighted by molar-refractivity contribution is 5.93. The summed E-state index contributed by atoms with van der Waals surface area (Å²) < 4.78 is 5.59. The molecule has 1 aliphatic heterocycles. The highest BCUT2D eigenvalue weighted by atomic mass is 16.5. The Kier molecular flexibility index (Phi) is 4.72. The molecule has 1 saturated heterocycles. The minimum absolute atomic E-state index is 0.0885. The Morgan fingerprint density at radius 2 is 2.35 bits per heavy atom. The zero-order valence-electron chi connectivity index (χ0n) is 12.5. The third-order valence-corrected chi connectivity index (χ3v) is 3.69. The molecule has 23 heavy (non-hydrogen) atoms. The lowest BCUT2D eigenvalue weighted by Crippen LogP contribution is -2.36. The lowest BCUT2D eigenvalue weighted by molar-refractivity contribution is 0.0736. The zero-order valence-corrected chi connectivity index (χ0v) is 12.5. The van der Waals surface area contributed by atoms with Crippen LogP contribution in [0.4, 0.5) is 0 Å². The van der Waals surface area contributed by atoms with E-state index in [4.69, 9.17) is 4.74 Å². The third-order valence-electron chi connectivity index (χ3n) is 3.69. The van der Waals surface area contributed by atoms with Gasteiger partial charge in [0.15, 0.2) is 0 Å². The summed E-state index contributed by atoms with van der Waals surface area (Å²) in [6, 6.07) is 3.12. The molecule has 1 atom stereocenters. The molecule has 3 heterocycles. The van der Waals surface area contributed by atoms with E-state index in [1.54, 1.807) is 11.0 Å². The van der Waals surface area contributed by atoms with Crippen molar-refractivity contribution >= 4 is 5.91 Å². The van der Waals surface area contributed by atoms with E-state index in [0.29, 0.717) is 44.0 Å². The quantitative estimate of drug-likeness (QED) is 0.848. The topological polar surface area (TPSA) is 101 Å². The second kappa shape index (κ2) is 7.10. The molecular weight excluding hydrogens is 298 g/mol. The molecule has 0 radical (unpaired) electrons. The number of nitrogens with one attached hydrogen (secondary N) is 1. The molecule has 120 valence electrons. The fourth-order valence-corrected chi connectivity index (χ4v) is 2.60. The zero-order chi connectivity index (χ0) is 16.1. The van der Waals surface area contributed by atoms with E-state index < -0.39 is 0 Å². The summed E-state index contributed by atoms with van der Waals surface area (Å²) in [6.45, 7) is 2.10. The van der Waals surface area contributed by atoms with E-state index in [9.17, 15) is 9.59 Å². The van der Waals surface area contributed by atoms with Gasteiger partial charge in [-0.3, -0.25) is 9.59 Å². The van der Waals surface area contributed by atoms with E-state index in [2.05, 4.69) is 20.2 Å². The van der Waals surface area contributed by atoms with E-state index in [1.165, 1.54) is 24.8 Å². The van der Waals surface area contributed by atoms with Gasteiger partial charge in [0.2, 0.25) is 0 Å². The largest absolute Gasteiger partial charge is 0.379 e. The van der Waals surface area contributed by atoms with E-state index >= 15 is 0 Å². The van der Waals surface area contributed by atoms with Crippen molar-refractivity contribution in [1.82, 2.24) is 25.1 Å². The Morgan fingerprint density at radius 1 is 1.43 bits per heavy atom. The highest BCUT2D eigenvalue weighted by Gasteiger charge is 2.24. The summed E-state index contributed by atoms with van der Waals surface area (Å²) in [7, 11) is 0. The lowest BCUT2D eigenvalue weighted by Gasteiger charge is -2.23.